The van der Waals surface area contributed by atoms with E-state index in [2.05, 4.69) is 21.2 Å². The molecule has 1 saturated heterocycles. The van der Waals surface area contributed by atoms with Crippen molar-refractivity contribution in [3.05, 3.63) is 58.1 Å². The predicted molar refractivity (Wildman–Crippen MR) is 119 cm³/mol. The Morgan fingerprint density at radius 2 is 1.76 bits per heavy atom. The first kappa shape index (κ1) is 21.0. The van der Waals surface area contributed by atoms with Gasteiger partial charge in [-0.05, 0) is 74.6 Å². The molecule has 0 atom stereocenters. The van der Waals surface area contributed by atoms with Crippen LogP contribution in [0.1, 0.15) is 19.4 Å². The second-order valence-corrected chi connectivity index (χ2v) is 7.30. The molecule has 0 aliphatic carbocycles. The number of halogens is 1. The molecule has 1 fully saturated rings. The SMILES string of the molecule is CCOc1ccc(OCC)c(C=C2C(=O)NC(=S)N(c3ccc(Br)cc3)C2=O)c1. The first-order valence-corrected chi connectivity index (χ1v) is 10.2. The van der Waals surface area contributed by atoms with Crippen LogP contribution in [0.2, 0.25) is 0 Å². The van der Waals surface area contributed by atoms with Crippen molar-refractivity contribution in [2.75, 3.05) is 18.1 Å². The molecule has 0 aromatic heterocycles. The van der Waals surface area contributed by atoms with Gasteiger partial charge in [0.1, 0.15) is 17.1 Å². The second kappa shape index (κ2) is 9.19. The summed E-state index contributed by atoms with van der Waals surface area (Å²) in [6.45, 7) is 4.68. The molecule has 1 heterocycles. The lowest BCUT2D eigenvalue weighted by Crippen LogP contribution is -2.54. The Balaban J connectivity index is 2.04. The number of benzene rings is 2. The Bertz CT molecular complexity index is 989. The van der Waals surface area contributed by atoms with Crippen LogP contribution in [0, 0.1) is 0 Å². The van der Waals surface area contributed by atoms with Crippen molar-refractivity contribution >= 4 is 56.8 Å². The van der Waals surface area contributed by atoms with Gasteiger partial charge in [-0.15, -0.1) is 0 Å². The van der Waals surface area contributed by atoms with E-state index in [0.717, 1.165) is 4.47 Å². The Morgan fingerprint density at radius 1 is 1.07 bits per heavy atom. The number of nitrogens with zero attached hydrogens (tertiary/aromatic N) is 1. The summed E-state index contributed by atoms with van der Waals surface area (Å²) in [5.74, 6) is 0.0992. The number of rotatable bonds is 6. The van der Waals surface area contributed by atoms with Gasteiger partial charge in [-0.25, -0.2) is 0 Å². The Kier molecular flexibility index (Phi) is 6.66. The van der Waals surface area contributed by atoms with Gasteiger partial charge < -0.3 is 9.47 Å². The van der Waals surface area contributed by atoms with Crippen LogP contribution in [0.15, 0.2) is 52.5 Å². The van der Waals surface area contributed by atoms with Crippen molar-refractivity contribution in [3.8, 4) is 11.5 Å². The van der Waals surface area contributed by atoms with Crippen molar-refractivity contribution in [3.63, 3.8) is 0 Å². The van der Waals surface area contributed by atoms with Crippen LogP contribution in [0.4, 0.5) is 5.69 Å². The summed E-state index contributed by atoms with van der Waals surface area (Å²) >= 11 is 8.59. The van der Waals surface area contributed by atoms with Gasteiger partial charge in [0.15, 0.2) is 5.11 Å². The first-order chi connectivity index (χ1) is 13.9. The van der Waals surface area contributed by atoms with Gasteiger partial charge in [-0.2, -0.15) is 0 Å². The summed E-state index contributed by atoms with van der Waals surface area (Å²) in [5, 5.41) is 2.61. The molecule has 6 nitrogen and oxygen atoms in total. The monoisotopic (exact) mass is 474 g/mol. The third-order valence-corrected chi connectivity index (χ3v) is 4.89. The third kappa shape index (κ3) is 4.65. The predicted octanol–water partition coefficient (Wildman–Crippen LogP) is 4.08. The molecule has 2 amide bonds. The third-order valence-electron chi connectivity index (χ3n) is 4.08. The van der Waals surface area contributed by atoms with Crippen LogP contribution >= 0.6 is 28.1 Å². The van der Waals surface area contributed by atoms with Gasteiger partial charge in [0.2, 0.25) is 0 Å². The molecule has 0 unspecified atom stereocenters. The number of amides is 2. The summed E-state index contributed by atoms with van der Waals surface area (Å²) in [6.07, 6.45) is 1.50. The summed E-state index contributed by atoms with van der Waals surface area (Å²) in [4.78, 5) is 27.0. The lowest BCUT2D eigenvalue weighted by Gasteiger charge is -2.29. The number of anilines is 1. The van der Waals surface area contributed by atoms with E-state index >= 15 is 0 Å². The van der Waals surface area contributed by atoms with Gasteiger partial charge in [0, 0.05) is 10.0 Å². The second-order valence-electron chi connectivity index (χ2n) is 6.00. The topological polar surface area (TPSA) is 67.9 Å². The molecule has 2 aromatic rings. The normalized spacial score (nSPS) is 15.5. The molecular weight excluding hydrogens is 456 g/mol. The maximum Gasteiger partial charge on any atom is 0.270 e. The summed E-state index contributed by atoms with van der Waals surface area (Å²) in [5.41, 5.74) is 1.08. The highest BCUT2D eigenvalue weighted by molar-refractivity contribution is 9.10. The largest absolute Gasteiger partial charge is 0.494 e. The molecule has 1 aliphatic rings. The maximum absolute atomic E-state index is 13.1. The molecule has 1 aliphatic heterocycles. The molecule has 0 radical (unpaired) electrons. The molecule has 3 rings (SSSR count). The van der Waals surface area contributed by atoms with E-state index in [9.17, 15) is 9.59 Å². The highest BCUT2D eigenvalue weighted by atomic mass is 79.9. The van der Waals surface area contributed by atoms with Crippen LogP contribution in [0.3, 0.4) is 0 Å². The van der Waals surface area contributed by atoms with Crippen LogP contribution in [0.5, 0.6) is 11.5 Å². The van der Waals surface area contributed by atoms with E-state index < -0.39 is 11.8 Å². The number of carbonyl (C=O) groups is 2. The number of ether oxygens (including phenoxy) is 2. The standard InChI is InChI=1S/C21H19BrN2O4S/c1-3-27-16-9-10-18(28-4-2)13(11-16)12-17-19(25)23-21(29)24(20(17)26)15-7-5-14(22)6-8-15/h5-12H,3-4H2,1-2H3,(H,23,25,29). The van der Waals surface area contributed by atoms with Crippen molar-refractivity contribution < 1.29 is 19.1 Å². The number of hydrogen-bond acceptors (Lipinski definition) is 5. The van der Waals surface area contributed by atoms with Gasteiger partial charge in [-0.1, -0.05) is 15.9 Å². The zero-order chi connectivity index (χ0) is 21.0. The van der Waals surface area contributed by atoms with Crippen LogP contribution in [0.25, 0.3) is 6.08 Å². The van der Waals surface area contributed by atoms with Crippen molar-refractivity contribution in [1.82, 2.24) is 5.32 Å². The number of hydrogen-bond donors (Lipinski definition) is 1. The zero-order valence-electron chi connectivity index (χ0n) is 15.9. The fourth-order valence-electron chi connectivity index (χ4n) is 2.82. The molecule has 8 heteroatoms. The minimum atomic E-state index is -0.558. The average molecular weight is 475 g/mol. The van der Waals surface area contributed by atoms with Crippen LogP contribution in [-0.2, 0) is 9.59 Å². The highest BCUT2D eigenvalue weighted by Gasteiger charge is 2.34. The fraction of sp³-hybridized carbons (Fsp3) is 0.190. The van der Waals surface area contributed by atoms with Gasteiger partial charge in [0.25, 0.3) is 11.8 Å². The van der Waals surface area contributed by atoms with E-state index in [1.54, 1.807) is 42.5 Å². The van der Waals surface area contributed by atoms with E-state index in [1.807, 2.05) is 13.8 Å². The lowest BCUT2D eigenvalue weighted by molar-refractivity contribution is -0.122. The highest BCUT2D eigenvalue weighted by Crippen LogP contribution is 2.29. The molecule has 1 N–H and O–H groups in total. The number of nitrogens with one attached hydrogen (secondary N) is 1. The van der Waals surface area contributed by atoms with Crippen molar-refractivity contribution in [2.45, 2.75) is 13.8 Å². The Morgan fingerprint density at radius 3 is 2.41 bits per heavy atom. The Hall–Kier alpha value is -2.71. The number of thiocarbonyl (C=S) groups is 1. The lowest BCUT2D eigenvalue weighted by atomic mass is 10.1. The average Bonchev–Trinajstić information content (AvgIpc) is 2.68. The van der Waals surface area contributed by atoms with Gasteiger partial charge in [-0.3, -0.25) is 19.8 Å². The Labute approximate surface area is 182 Å². The zero-order valence-corrected chi connectivity index (χ0v) is 18.3. The molecule has 0 spiro atoms. The van der Waals surface area contributed by atoms with Gasteiger partial charge >= 0.3 is 0 Å². The van der Waals surface area contributed by atoms with Crippen LogP contribution < -0.4 is 19.7 Å². The summed E-state index contributed by atoms with van der Waals surface area (Å²) in [7, 11) is 0. The molecular formula is C21H19BrN2O4S. The van der Waals surface area contributed by atoms with Crippen LogP contribution in [-0.4, -0.2) is 30.1 Å². The number of carbonyl (C=O) groups excluding carboxylic acids is 2. The summed E-state index contributed by atoms with van der Waals surface area (Å²) in [6, 6.07) is 12.3. The minimum absolute atomic E-state index is 0.0348. The van der Waals surface area contributed by atoms with E-state index in [4.69, 9.17) is 21.7 Å². The van der Waals surface area contributed by atoms with Crippen molar-refractivity contribution in [2.24, 2.45) is 0 Å². The quantitative estimate of drug-likeness (QED) is 0.388. The van der Waals surface area contributed by atoms with Crippen molar-refractivity contribution in [1.29, 1.82) is 0 Å². The molecule has 2 aromatic carbocycles. The fourth-order valence-corrected chi connectivity index (χ4v) is 3.37. The van der Waals surface area contributed by atoms with E-state index in [-0.39, 0.29) is 10.7 Å². The maximum atomic E-state index is 13.1. The molecule has 29 heavy (non-hydrogen) atoms. The van der Waals surface area contributed by atoms with E-state index in [0.29, 0.717) is 36.0 Å². The first-order valence-electron chi connectivity index (χ1n) is 9.01. The minimum Gasteiger partial charge on any atom is -0.494 e. The summed E-state index contributed by atoms with van der Waals surface area (Å²) < 4.78 is 12.0. The molecule has 0 saturated carbocycles. The van der Waals surface area contributed by atoms with Gasteiger partial charge in [0.05, 0.1) is 18.9 Å². The molecule has 0 bridgehead atoms. The smallest absolute Gasteiger partial charge is 0.270 e. The van der Waals surface area contributed by atoms with E-state index in [1.165, 1.54) is 11.0 Å². The molecule has 150 valence electrons.